The maximum absolute atomic E-state index is 14.0. The Labute approximate surface area is 130 Å². The molecule has 4 rings (SSSR count). The van der Waals surface area contributed by atoms with Crippen LogP contribution in [0.2, 0.25) is 0 Å². The molecule has 22 heavy (non-hydrogen) atoms. The van der Waals surface area contributed by atoms with Gasteiger partial charge in [0.15, 0.2) is 0 Å². The molecule has 114 valence electrons. The van der Waals surface area contributed by atoms with Crippen LogP contribution in [0.3, 0.4) is 0 Å². The molecule has 0 saturated carbocycles. The quantitative estimate of drug-likeness (QED) is 0.847. The Morgan fingerprint density at radius 1 is 1.09 bits per heavy atom. The van der Waals surface area contributed by atoms with Crippen LogP contribution >= 0.6 is 0 Å². The predicted molar refractivity (Wildman–Crippen MR) is 87.4 cm³/mol. The van der Waals surface area contributed by atoms with E-state index in [-0.39, 0.29) is 5.82 Å². The highest BCUT2D eigenvalue weighted by atomic mass is 19.1. The molecule has 1 fully saturated rings. The number of nitrogens with one attached hydrogen (secondary N) is 2. The van der Waals surface area contributed by atoms with Crippen LogP contribution in [0, 0.1) is 5.82 Å². The first-order valence-electron chi connectivity index (χ1n) is 7.88. The van der Waals surface area contributed by atoms with Gasteiger partial charge in [-0.25, -0.2) is 4.39 Å². The molecular weight excluding hydrogens is 277 g/mol. The molecule has 2 aromatic rings. The Bertz CT molecular complexity index is 686. The summed E-state index contributed by atoms with van der Waals surface area (Å²) in [5.74, 6) is -0.163. The number of piperazine rings is 1. The molecule has 2 aliphatic heterocycles. The minimum atomic E-state index is -0.163. The summed E-state index contributed by atoms with van der Waals surface area (Å²) in [6.07, 6.45) is 0. The van der Waals surface area contributed by atoms with Crippen molar-refractivity contribution in [2.75, 3.05) is 31.5 Å². The number of rotatable bonds is 1. The first-order valence-corrected chi connectivity index (χ1v) is 7.88. The Hall–Kier alpha value is -1.91. The summed E-state index contributed by atoms with van der Waals surface area (Å²) in [5, 5.41) is 6.99. The molecule has 1 atom stereocenters. The van der Waals surface area contributed by atoms with E-state index >= 15 is 0 Å². The van der Waals surface area contributed by atoms with Crippen molar-refractivity contribution in [3.05, 3.63) is 53.8 Å². The smallest absolute Gasteiger partial charge is 0.131 e. The van der Waals surface area contributed by atoms with E-state index in [9.17, 15) is 4.39 Å². The Morgan fingerprint density at radius 2 is 2.00 bits per heavy atom. The largest absolute Gasteiger partial charge is 0.383 e. The minimum absolute atomic E-state index is 0.163. The molecule has 0 bridgehead atoms. The summed E-state index contributed by atoms with van der Waals surface area (Å²) in [6, 6.07) is 13.7. The molecule has 0 spiro atoms. The van der Waals surface area contributed by atoms with Gasteiger partial charge < -0.3 is 10.6 Å². The molecule has 2 aliphatic rings. The van der Waals surface area contributed by atoms with Crippen LogP contribution in [0.1, 0.15) is 5.56 Å². The number of fused-ring (bicyclic) bond motifs is 2. The maximum Gasteiger partial charge on any atom is 0.131 e. The number of hydrogen-bond donors (Lipinski definition) is 2. The highest BCUT2D eigenvalue weighted by molar-refractivity contribution is 5.69. The lowest BCUT2D eigenvalue weighted by Gasteiger charge is -2.34. The van der Waals surface area contributed by atoms with Crippen molar-refractivity contribution in [3.8, 4) is 11.1 Å². The average Bonchev–Trinajstić information content (AvgIpc) is 2.73. The zero-order valence-electron chi connectivity index (χ0n) is 12.5. The van der Waals surface area contributed by atoms with E-state index in [1.54, 1.807) is 6.07 Å². The molecule has 3 nitrogen and oxygen atoms in total. The van der Waals surface area contributed by atoms with Crippen LogP contribution in [0.25, 0.3) is 11.1 Å². The number of nitrogens with zero attached hydrogens (tertiary/aromatic N) is 1. The molecule has 0 amide bonds. The highest BCUT2D eigenvalue weighted by Crippen LogP contribution is 2.30. The zero-order chi connectivity index (χ0) is 14.9. The molecule has 1 saturated heterocycles. The second kappa shape index (κ2) is 5.71. The summed E-state index contributed by atoms with van der Waals surface area (Å²) < 4.78 is 14.0. The first-order chi connectivity index (χ1) is 10.8. The van der Waals surface area contributed by atoms with E-state index in [4.69, 9.17) is 0 Å². The Morgan fingerprint density at radius 3 is 2.91 bits per heavy atom. The lowest BCUT2D eigenvalue weighted by molar-refractivity contribution is 0.165. The highest BCUT2D eigenvalue weighted by Gasteiger charge is 2.25. The summed E-state index contributed by atoms with van der Waals surface area (Å²) in [7, 11) is 0. The van der Waals surface area contributed by atoms with Crippen molar-refractivity contribution < 1.29 is 4.39 Å². The van der Waals surface area contributed by atoms with E-state index in [0.29, 0.717) is 11.6 Å². The number of anilines is 1. The van der Waals surface area contributed by atoms with Gasteiger partial charge in [-0.3, -0.25) is 4.90 Å². The molecule has 0 aliphatic carbocycles. The number of benzene rings is 2. The van der Waals surface area contributed by atoms with Gasteiger partial charge in [-0.2, -0.15) is 0 Å². The van der Waals surface area contributed by atoms with Crippen LogP contribution in [0.15, 0.2) is 42.5 Å². The topological polar surface area (TPSA) is 27.3 Å². The van der Waals surface area contributed by atoms with Crippen LogP contribution in [-0.2, 0) is 6.54 Å². The van der Waals surface area contributed by atoms with E-state index in [1.165, 1.54) is 17.3 Å². The van der Waals surface area contributed by atoms with Gasteiger partial charge in [0.2, 0.25) is 0 Å². The van der Waals surface area contributed by atoms with Gasteiger partial charge in [0.25, 0.3) is 0 Å². The van der Waals surface area contributed by atoms with Crippen molar-refractivity contribution in [2.24, 2.45) is 0 Å². The normalized spacial score (nSPS) is 21.4. The lowest BCUT2D eigenvalue weighted by atomic mass is 10.0. The monoisotopic (exact) mass is 297 g/mol. The van der Waals surface area contributed by atoms with Gasteiger partial charge in [-0.15, -0.1) is 0 Å². The third-order valence-electron chi connectivity index (χ3n) is 4.66. The molecule has 2 heterocycles. The molecule has 4 heteroatoms. The second-order valence-corrected chi connectivity index (χ2v) is 6.06. The zero-order valence-corrected chi connectivity index (χ0v) is 12.5. The number of halogens is 1. The van der Waals surface area contributed by atoms with Crippen molar-refractivity contribution in [2.45, 2.75) is 12.6 Å². The predicted octanol–water partition coefficient (Wildman–Crippen LogP) is 2.69. The lowest BCUT2D eigenvalue weighted by Crippen LogP contribution is -2.52. The van der Waals surface area contributed by atoms with Gasteiger partial charge in [-0.05, 0) is 29.3 Å². The SMILES string of the molecule is Fc1ccccc1-c1ccc2c(c1)CN1CCNCC1CN2. The summed E-state index contributed by atoms with van der Waals surface area (Å²) in [6.45, 7) is 5.02. The van der Waals surface area contributed by atoms with E-state index in [0.717, 1.165) is 38.3 Å². The van der Waals surface area contributed by atoms with E-state index in [2.05, 4.69) is 27.7 Å². The fourth-order valence-corrected chi connectivity index (χ4v) is 3.42. The Balaban J connectivity index is 1.70. The Kier molecular flexibility index (Phi) is 3.56. The van der Waals surface area contributed by atoms with Gasteiger partial charge in [0.1, 0.15) is 5.82 Å². The molecule has 2 aromatic carbocycles. The fourth-order valence-electron chi connectivity index (χ4n) is 3.42. The van der Waals surface area contributed by atoms with Gasteiger partial charge in [0, 0.05) is 50.0 Å². The fraction of sp³-hybridized carbons (Fsp3) is 0.333. The molecular formula is C18H20FN3. The molecule has 0 radical (unpaired) electrons. The summed E-state index contributed by atoms with van der Waals surface area (Å²) in [4.78, 5) is 2.51. The second-order valence-electron chi connectivity index (χ2n) is 6.06. The average molecular weight is 297 g/mol. The number of hydrogen-bond acceptors (Lipinski definition) is 3. The third kappa shape index (κ3) is 2.49. The van der Waals surface area contributed by atoms with Crippen LogP contribution in [0.4, 0.5) is 10.1 Å². The van der Waals surface area contributed by atoms with Crippen molar-refractivity contribution >= 4 is 5.69 Å². The summed E-state index contributed by atoms with van der Waals surface area (Å²) in [5.41, 5.74) is 4.05. The molecule has 0 aromatic heterocycles. The first kappa shape index (κ1) is 13.7. The van der Waals surface area contributed by atoms with Crippen LogP contribution in [0.5, 0.6) is 0 Å². The van der Waals surface area contributed by atoms with Gasteiger partial charge >= 0.3 is 0 Å². The van der Waals surface area contributed by atoms with Gasteiger partial charge in [-0.1, -0.05) is 24.3 Å². The van der Waals surface area contributed by atoms with Crippen molar-refractivity contribution in [3.63, 3.8) is 0 Å². The van der Waals surface area contributed by atoms with Crippen molar-refractivity contribution in [1.82, 2.24) is 10.2 Å². The van der Waals surface area contributed by atoms with Crippen LogP contribution in [-0.4, -0.2) is 37.1 Å². The maximum atomic E-state index is 14.0. The molecule has 2 N–H and O–H groups in total. The summed E-state index contributed by atoms with van der Waals surface area (Å²) >= 11 is 0. The molecule has 1 unspecified atom stereocenters. The van der Waals surface area contributed by atoms with Gasteiger partial charge in [0.05, 0.1) is 0 Å². The van der Waals surface area contributed by atoms with E-state index < -0.39 is 0 Å². The van der Waals surface area contributed by atoms with Crippen LogP contribution < -0.4 is 10.6 Å². The minimum Gasteiger partial charge on any atom is -0.383 e. The third-order valence-corrected chi connectivity index (χ3v) is 4.66. The van der Waals surface area contributed by atoms with Crippen molar-refractivity contribution in [1.29, 1.82) is 0 Å². The standard InChI is InChI=1S/C18H20FN3/c19-17-4-2-1-3-16(17)13-5-6-18-14(9-13)12-22-8-7-20-10-15(22)11-21-18/h1-6,9,15,20-21H,7-8,10-12H2. The van der Waals surface area contributed by atoms with E-state index in [1.807, 2.05) is 18.2 Å².